The molecule has 0 rings (SSSR count). The molecular weight excluding hydrogens is 136 g/mol. The molecule has 0 aliphatic heterocycles. The van der Waals surface area contributed by atoms with Crippen molar-refractivity contribution in [2.75, 3.05) is 26.4 Å². The molecule has 0 aromatic rings. The molecule has 0 atom stereocenters. The number of azide groups is 1. The van der Waals surface area contributed by atoms with Gasteiger partial charge in [0.15, 0.2) is 0 Å². The van der Waals surface area contributed by atoms with Crippen molar-refractivity contribution in [3.8, 4) is 0 Å². The van der Waals surface area contributed by atoms with Crippen LogP contribution in [0, 0.1) is 0 Å². The highest BCUT2D eigenvalue weighted by atomic mass is 16.6. The van der Waals surface area contributed by atoms with Crippen LogP contribution in [0.4, 0.5) is 0 Å². The molecule has 6 heteroatoms. The average Bonchev–Trinajstić information content (AvgIpc) is 1.97. The molecule has 6 nitrogen and oxygen atoms in total. The lowest BCUT2D eigenvalue weighted by Gasteiger charge is -1.96. The fourth-order valence-corrected chi connectivity index (χ4v) is 0.370. The van der Waals surface area contributed by atoms with Crippen LogP contribution in [0.5, 0.6) is 0 Å². The Labute approximate surface area is 58.5 Å². The summed E-state index contributed by atoms with van der Waals surface area (Å²) in [6, 6.07) is 0. The summed E-state index contributed by atoms with van der Waals surface area (Å²) in [6.45, 7) is 1.77. The van der Waals surface area contributed by atoms with Crippen LogP contribution in [0.1, 0.15) is 0 Å². The van der Waals surface area contributed by atoms with Crippen LogP contribution in [0.3, 0.4) is 0 Å². The summed E-state index contributed by atoms with van der Waals surface area (Å²) < 4.78 is 4.95. The Morgan fingerprint density at radius 3 is 2.80 bits per heavy atom. The van der Waals surface area contributed by atoms with Gasteiger partial charge in [-0.25, -0.2) is 10.7 Å². The largest absolute Gasteiger partial charge is 0.379 e. The van der Waals surface area contributed by atoms with Gasteiger partial charge in [0.1, 0.15) is 6.61 Å². The minimum atomic E-state index is 0.369. The highest BCUT2D eigenvalue weighted by Crippen LogP contribution is 1.76. The summed E-state index contributed by atoms with van der Waals surface area (Å²) in [4.78, 5) is 7.02. The van der Waals surface area contributed by atoms with Crippen molar-refractivity contribution in [1.29, 1.82) is 0 Å². The molecule has 3 N–H and O–H groups in total. The van der Waals surface area contributed by atoms with Gasteiger partial charge in [0.25, 0.3) is 0 Å². The van der Waals surface area contributed by atoms with Gasteiger partial charge in [0, 0.05) is 11.5 Å². The molecule has 0 amide bonds. The molecule has 0 aromatic heterocycles. The van der Waals surface area contributed by atoms with Crippen LogP contribution in [-0.2, 0) is 9.57 Å². The van der Waals surface area contributed by atoms with Crippen molar-refractivity contribution in [3.05, 3.63) is 10.4 Å². The van der Waals surface area contributed by atoms with E-state index >= 15 is 0 Å². The van der Waals surface area contributed by atoms with Gasteiger partial charge in [-0.15, -0.1) is 0 Å². The molecule has 0 saturated heterocycles. The highest BCUT2D eigenvalue weighted by molar-refractivity contribution is 4.43. The molecule has 0 unspecified atom stereocenters. The third-order valence-corrected chi connectivity index (χ3v) is 0.771. The zero-order valence-electron chi connectivity index (χ0n) is 5.69. The molecule has 0 spiro atoms. The molecule has 58 valence electrons. The molecular formula is C4H11N4O2+. The third-order valence-electron chi connectivity index (χ3n) is 0.771. The number of ether oxygens (including phenoxy) is 1. The van der Waals surface area contributed by atoms with Gasteiger partial charge in [-0.3, -0.25) is 0 Å². The molecule has 0 aliphatic rings. The van der Waals surface area contributed by atoms with Gasteiger partial charge in [-0.2, -0.15) is 0 Å². The number of nitrogens with zero attached hydrogens (tertiary/aromatic N) is 3. The van der Waals surface area contributed by atoms with E-state index in [0.717, 1.165) is 0 Å². The van der Waals surface area contributed by atoms with Crippen LogP contribution < -0.4 is 5.90 Å². The second-order valence-electron chi connectivity index (χ2n) is 1.48. The molecule has 0 saturated carbocycles. The van der Waals surface area contributed by atoms with E-state index in [9.17, 15) is 0 Å². The van der Waals surface area contributed by atoms with Crippen LogP contribution >= 0.6 is 0 Å². The SMILES string of the molecule is [N-]=[N+]=NCCOCCO[NH3+]. The predicted octanol–water partition coefficient (Wildman–Crippen LogP) is -0.513. The highest BCUT2D eigenvalue weighted by Gasteiger charge is 1.85. The minimum absolute atomic E-state index is 0.369. The molecule has 10 heavy (non-hydrogen) atoms. The molecule has 0 aliphatic carbocycles. The second-order valence-corrected chi connectivity index (χ2v) is 1.48. The summed E-state index contributed by atoms with van der Waals surface area (Å²) >= 11 is 0. The lowest BCUT2D eigenvalue weighted by Crippen LogP contribution is -2.49. The second kappa shape index (κ2) is 8.19. The molecule has 0 heterocycles. The number of hydrogen-bond donors (Lipinski definition) is 1. The van der Waals surface area contributed by atoms with Gasteiger partial charge in [0.2, 0.25) is 0 Å². The Bertz CT molecular complexity index is 112. The predicted molar refractivity (Wildman–Crippen MR) is 33.7 cm³/mol. The maximum Gasteiger partial charge on any atom is 0.129 e. The van der Waals surface area contributed by atoms with Gasteiger partial charge in [-0.1, -0.05) is 5.11 Å². The van der Waals surface area contributed by atoms with Crippen LogP contribution in [-0.4, -0.2) is 26.4 Å². The van der Waals surface area contributed by atoms with Gasteiger partial charge >= 0.3 is 0 Å². The number of quaternary nitrogens is 1. The van der Waals surface area contributed by atoms with E-state index in [0.29, 0.717) is 26.4 Å². The van der Waals surface area contributed by atoms with Gasteiger partial charge in [-0.05, 0) is 5.53 Å². The summed E-state index contributed by atoms with van der Waals surface area (Å²) in [5.41, 5.74) is 7.84. The quantitative estimate of drug-likeness (QED) is 0.180. The zero-order valence-corrected chi connectivity index (χ0v) is 5.69. The average molecular weight is 147 g/mol. The minimum Gasteiger partial charge on any atom is -0.379 e. The topological polar surface area (TPSA) is 94.9 Å². The fourth-order valence-electron chi connectivity index (χ4n) is 0.370. The zero-order chi connectivity index (χ0) is 7.66. The molecule has 0 bridgehead atoms. The van der Waals surface area contributed by atoms with Crippen molar-refractivity contribution in [1.82, 2.24) is 0 Å². The Kier molecular flexibility index (Phi) is 7.53. The van der Waals surface area contributed by atoms with Crippen molar-refractivity contribution >= 4 is 0 Å². The van der Waals surface area contributed by atoms with Crippen LogP contribution in [0.2, 0.25) is 0 Å². The first kappa shape index (κ1) is 9.19. The van der Waals surface area contributed by atoms with E-state index in [2.05, 4.69) is 20.8 Å². The first-order chi connectivity index (χ1) is 4.91. The summed E-state index contributed by atoms with van der Waals surface area (Å²) in [5, 5.41) is 3.27. The van der Waals surface area contributed by atoms with E-state index < -0.39 is 0 Å². The van der Waals surface area contributed by atoms with Crippen LogP contribution in [0.25, 0.3) is 10.4 Å². The standard InChI is InChI=1S/C4H11N4O2/c5-8-7-1-2-9-3-4-10-6/h1-4H2,6H3/q+1. The van der Waals surface area contributed by atoms with Crippen molar-refractivity contribution < 1.29 is 15.5 Å². The van der Waals surface area contributed by atoms with Crippen LogP contribution in [0.15, 0.2) is 5.11 Å². The van der Waals surface area contributed by atoms with Gasteiger partial charge < -0.3 is 4.74 Å². The van der Waals surface area contributed by atoms with Crippen molar-refractivity contribution in [3.63, 3.8) is 0 Å². The normalized spacial score (nSPS) is 8.90. The monoisotopic (exact) mass is 147 g/mol. The van der Waals surface area contributed by atoms with E-state index in [-0.39, 0.29) is 0 Å². The lowest BCUT2D eigenvalue weighted by atomic mass is 10.7. The maximum atomic E-state index is 7.84. The van der Waals surface area contributed by atoms with Crippen molar-refractivity contribution in [2.45, 2.75) is 0 Å². The molecule has 0 aromatic carbocycles. The smallest absolute Gasteiger partial charge is 0.129 e. The summed E-state index contributed by atoms with van der Waals surface area (Å²) in [6.07, 6.45) is 0. The van der Waals surface area contributed by atoms with E-state index in [1.807, 2.05) is 0 Å². The molecule has 0 fully saturated rings. The Hall–Kier alpha value is -0.810. The fraction of sp³-hybridized carbons (Fsp3) is 1.00. The Morgan fingerprint density at radius 2 is 2.20 bits per heavy atom. The summed E-state index contributed by atoms with van der Waals surface area (Å²) in [5.74, 6) is 3.16. The lowest BCUT2D eigenvalue weighted by molar-refractivity contribution is -0.689. The van der Waals surface area contributed by atoms with E-state index in [1.165, 1.54) is 0 Å². The Balaban J connectivity index is 2.83. The van der Waals surface area contributed by atoms with Gasteiger partial charge in [0.05, 0.1) is 13.2 Å². The van der Waals surface area contributed by atoms with Crippen molar-refractivity contribution in [2.24, 2.45) is 5.11 Å². The van der Waals surface area contributed by atoms with E-state index in [1.54, 1.807) is 0 Å². The molecule has 0 radical (unpaired) electrons. The summed E-state index contributed by atoms with van der Waals surface area (Å²) in [7, 11) is 0. The number of hydrogen-bond acceptors (Lipinski definition) is 3. The third kappa shape index (κ3) is 7.19. The van der Waals surface area contributed by atoms with E-state index in [4.69, 9.17) is 10.3 Å². The maximum absolute atomic E-state index is 7.84. The first-order valence-electron chi connectivity index (χ1n) is 2.87. The first-order valence-corrected chi connectivity index (χ1v) is 2.87. The number of rotatable bonds is 6. The Morgan fingerprint density at radius 1 is 1.40 bits per heavy atom.